The maximum absolute atomic E-state index is 12.6. The predicted molar refractivity (Wildman–Crippen MR) is 116 cm³/mol. The molecule has 0 saturated heterocycles. The zero-order chi connectivity index (χ0) is 21.1. The summed E-state index contributed by atoms with van der Waals surface area (Å²) in [5.41, 5.74) is 0.858. The highest BCUT2D eigenvalue weighted by Gasteiger charge is 2.24. The highest BCUT2D eigenvalue weighted by atomic mass is 35.5. The number of thiazole rings is 1. The summed E-state index contributed by atoms with van der Waals surface area (Å²) in [5.74, 6) is -1.25. The van der Waals surface area contributed by atoms with Crippen molar-refractivity contribution < 1.29 is 14.3 Å². The van der Waals surface area contributed by atoms with Crippen molar-refractivity contribution in [3.63, 3.8) is 0 Å². The molecule has 0 saturated carbocycles. The predicted octanol–water partition coefficient (Wildman–Crippen LogP) is 6.25. The van der Waals surface area contributed by atoms with Crippen molar-refractivity contribution in [2.24, 2.45) is 0 Å². The lowest BCUT2D eigenvalue weighted by atomic mass is 10.1. The summed E-state index contributed by atoms with van der Waals surface area (Å²) >= 11 is 24.8. The normalized spacial score (nSPS) is 10.7. The number of carbonyl (C=O) groups is 2. The molecule has 0 aliphatic carbocycles. The molecule has 29 heavy (non-hydrogen) atoms. The van der Waals surface area contributed by atoms with Crippen molar-refractivity contribution in [1.29, 1.82) is 0 Å². The summed E-state index contributed by atoms with van der Waals surface area (Å²) in [5, 5.41) is 2.25. The molecule has 150 valence electrons. The van der Waals surface area contributed by atoms with Gasteiger partial charge in [0.05, 0.1) is 27.4 Å². The van der Waals surface area contributed by atoms with Gasteiger partial charge in [0.15, 0.2) is 10.8 Å². The number of anilines is 1. The number of hydrogen-bond acceptors (Lipinski definition) is 6. The number of nitrogens with one attached hydrogen (secondary N) is 1. The van der Waals surface area contributed by atoms with E-state index in [1.807, 2.05) is 18.2 Å². The van der Waals surface area contributed by atoms with Crippen LogP contribution in [-0.2, 0) is 4.74 Å². The second-order valence-electron chi connectivity index (χ2n) is 5.43. The molecule has 0 unspecified atom stereocenters. The third-order valence-electron chi connectivity index (χ3n) is 3.56. The van der Waals surface area contributed by atoms with Crippen LogP contribution in [0, 0.1) is 0 Å². The minimum absolute atomic E-state index is 0.0555. The molecule has 0 bridgehead atoms. The molecule has 6 nitrogen and oxygen atoms in total. The largest absolute Gasteiger partial charge is 0.462 e. The number of benzene rings is 1. The molecule has 2 heterocycles. The van der Waals surface area contributed by atoms with Gasteiger partial charge in [-0.3, -0.25) is 10.1 Å². The first kappa shape index (κ1) is 21.8. The van der Waals surface area contributed by atoms with Gasteiger partial charge in [-0.15, -0.1) is 0 Å². The Kier molecular flexibility index (Phi) is 6.97. The molecule has 1 aromatic carbocycles. The van der Waals surface area contributed by atoms with E-state index in [1.165, 1.54) is 0 Å². The van der Waals surface area contributed by atoms with Crippen LogP contribution < -0.4 is 5.32 Å². The first-order valence-corrected chi connectivity index (χ1v) is 10.4. The first-order chi connectivity index (χ1) is 13.8. The number of aromatic nitrogens is 2. The number of halogens is 4. The quantitative estimate of drug-likeness (QED) is 0.337. The Bertz CT molecular complexity index is 1090. The van der Waals surface area contributed by atoms with Crippen LogP contribution in [0.15, 0.2) is 30.3 Å². The minimum Gasteiger partial charge on any atom is -0.462 e. The number of esters is 1. The number of pyridine rings is 1. The fraction of sp³-hybridized carbons (Fsp3) is 0.111. The Hall–Kier alpha value is -1.90. The monoisotopic (exact) mass is 489 g/mol. The van der Waals surface area contributed by atoms with Crippen molar-refractivity contribution in [1.82, 2.24) is 9.97 Å². The van der Waals surface area contributed by atoms with Crippen molar-refractivity contribution in [3.05, 3.63) is 61.1 Å². The number of amides is 1. The second-order valence-corrected chi connectivity index (χ2v) is 7.92. The first-order valence-electron chi connectivity index (χ1n) is 8.08. The molecule has 1 N–H and O–H groups in total. The van der Waals surface area contributed by atoms with Gasteiger partial charge in [-0.05, 0) is 6.92 Å². The molecule has 0 aliphatic heterocycles. The summed E-state index contributed by atoms with van der Waals surface area (Å²) in [6.45, 7) is 1.90. The third-order valence-corrected chi connectivity index (χ3v) is 6.18. The molecule has 3 rings (SSSR count). The van der Waals surface area contributed by atoms with Crippen LogP contribution in [0.4, 0.5) is 5.13 Å². The summed E-state index contributed by atoms with van der Waals surface area (Å²) in [6.07, 6.45) is 0. The van der Waals surface area contributed by atoms with E-state index in [0.29, 0.717) is 11.3 Å². The van der Waals surface area contributed by atoms with Gasteiger partial charge in [0.1, 0.15) is 10.0 Å². The third kappa shape index (κ3) is 4.65. The van der Waals surface area contributed by atoms with E-state index in [0.717, 1.165) is 11.3 Å². The van der Waals surface area contributed by atoms with Crippen molar-refractivity contribution >= 4 is 74.7 Å². The molecule has 0 radical (unpaired) electrons. The molecule has 2 aromatic heterocycles. The van der Waals surface area contributed by atoms with Crippen molar-refractivity contribution in [2.45, 2.75) is 6.92 Å². The zero-order valence-corrected chi connectivity index (χ0v) is 18.5. The van der Waals surface area contributed by atoms with E-state index in [-0.39, 0.29) is 42.5 Å². The lowest BCUT2D eigenvalue weighted by molar-refractivity contribution is 0.0532. The highest BCUT2D eigenvalue weighted by molar-refractivity contribution is 7.18. The van der Waals surface area contributed by atoms with Gasteiger partial charge in [-0.1, -0.05) is 88.1 Å². The van der Waals surface area contributed by atoms with Crippen LogP contribution in [0.2, 0.25) is 20.2 Å². The summed E-state index contributed by atoms with van der Waals surface area (Å²) < 4.78 is 5.09. The smallest absolute Gasteiger partial charge is 0.350 e. The molecule has 0 atom stereocenters. The fourth-order valence-electron chi connectivity index (χ4n) is 2.29. The Labute approximate surface area is 189 Å². The fourth-order valence-corrected chi connectivity index (χ4v) is 3.98. The van der Waals surface area contributed by atoms with Crippen LogP contribution >= 0.6 is 57.7 Å². The molecule has 0 spiro atoms. The van der Waals surface area contributed by atoms with E-state index in [1.54, 1.807) is 19.1 Å². The summed E-state index contributed by atoms with van der Waals surface area (Å²) in [6, 6.07) is 9.04. The van der Waals surface area contributed by atoms with E-state index in [2.05, 4.69) is 15.3 Å². The van der Waals surface area contributed by atoms with E-state index < -0.39 is 11.9 Å². The molecular formula is C18H11Cl4N3O3S. The van der Waals surface area contributed by atoms with Gasteiger partial charge in [0, 0.05) is 5.56 Å². The average molecular weight is 491 g/mol. The van der Waals surface area contributed by atoms with Crippen LogP contribution in [0.5, 0.6) is 0 Å². The molecule has 0 aliphatic rings. The SMILES string of the molecule is CCOC(=O)c1sc(NC(=O)c2nc(Cl)c(Cl)c(Cl)c2Cl)nc1-c1ccccc1. The molecular weight excluding hydrogens is 480 g/mol. The summed E-state index contributed by atoms with van der Waals surface area (Å²) in [4.78, 5) is 33.5. The van der Waals surface area contributed by atoms with Crippen LogP contribution in [0.3, 0.4) is 0 Å². The van der Waals surface area contributed by atoms with Crippen molar-refractivity contribution in [3.8, 4) is 11.3 Å². The number of ether oxygens (including phenoxy) is 1. The van der Waals surface area contributed by atoms with Gasteiger partial charge in [0.2, 0.25) is 0 Å². The lowest BCUT2D eigenvalue weighted by Gasteiger charge is -2.07. The number of nitrogens with zero attached hydrogens (tertiary/aromatic N) is 2. The number of hydrogen-bond donors (Lipinski definition) is 1. The number of rotatable bonds is 5. The van der Waals surface area contributed by atoms with E-state index in [9.17, 15) is 9.59 Å². The maximum atomic E-state index is 12.6. The molecule has 3 aromatic rings. The minimum atomic E-state index is -0.709. The van der Waals surface area contributed by atoms with Crippen LogP contribution in [0.25, 0.3) is 11.3 Å². The summed E-state index contributed by atoms with van der Waals surface area (Å²) in [7, 11) is 0. The Morgan fingerprint density at radius 1 is 1.03 bits per heavy atom. The maximum Gasteiger partial charge on any atom is 0.350 e. The van der Waals surface area contributed by atoms with Gasteiger partial charge in [-0.2, -0.15) is 0 Å². The number of carbonyl (C=O) groups excluding carboxylic acids is 2. The second kappa shape index (κ2) is 9.28. The molecule has 1 amide bonds. The standard InChI is InChI=1S/C18H11Cl4N3O3S/c1-2-28-17(27)14-12(8-6-4-3-5-7-8)24-18(29-14)25-16(26)13-10(20)9(19)11(21)15(22)23-13/h3-7H,2H2,1H3,(H,24,25,26). The van der Waals surface area contributed by atoms with Gasteiger partial charge < -0.3 is 4.74 Å². The van der Waals surface area contributed by atoms with E-state index in [4.69, 9.17) is 51.1 Å². The van der Waals surface area contributed by atoms with Crippen LogP contribution in [0.1, 0.15) is 27.1 Å². The highest BCUT2D eigenvalue weighted by Crippen LogP contribution is 2.37. The molecule has 0 fully saturated rings. The van der Waals surface area contributed by atoms with Crippen molar-refractivity contribution in [2.75, 3.05) is 11.9 Å². The van der Waals surface area contributed by atoms with E-state index >= 15 is 0 Å². The van der Waals surface area contributed by atoms with Crippen LogP contribution in [-0.4, -0.2) is 28.5 Å². The van der Waals surface area contributed by atoms with Gasteiger partial charge in [-0.25, -0.2) is 14.8 Å². The Morgan fingerprint density at radius 2 is 1.72 bits per heavy atom. The lowest BCUT2D eigenvalue weighted by Crippen LogP contribution is -2.14. The topological polar surface area (TPSA) is 81.2 Å². The Balaban J connectivity index is 1.98. The Morgan fingerprint density at radius 3 is 2.38 bits per heavy atom. The average Bonchev–Trinajstić information content (AvgIpc) is 3.13. The molecule has 11 heteroatoms. The zero-order valence-electron chi connectivity index (χ0n) is 14.6. The van der Waals surface area contributed by atoms with Gasteiger partial charge in [0.25, 0.3) is 5.91 Å². The van der Waals surface area contributed by atoms with Gasteiger partial charge >= 0.3 is 5.97 Å².